The number of benzene rings is 7. The number of hydrogen-bond donors (Lipinski definition) is 0. The molecular formula is C50H34O11. The molecule has 7 aromatic carbocycles. The van der Waals surface area contributed by atoms with E-state index in [9.17, 15) is 24.0 Å². The lowest BCUT2D eigenvalue weighted by atomic mass is 9.93. The van der Waals surface area contributed by atoms with Crippen molar-refractivity contribution in [1.29, 1.82) is 0 Å². The number of carbonyl (C=O) groups is 5. The van der Waals surface area contributed by atoms with Crippen LogP contribution in [0, 0.1) is 0 Å². The molecule has 0 N–H and O–H groups in total. The fraction of sp³-hybridized carbons (Fsp3) is 0.0600. The zero-order valence-corrected chi connectivity index (χ0v) is 32.2. The lowest BCUT2D eigenvalue weighted by Crippen LogP contribution is -2.35. The normalized spacial score (nSPS) is 14.0. The summed E-state index contributed by atoms with van der Waals surface area (Å²) >= 11 is 0. The second kappa shape index (κ2) is 18.1. The maximum Gasteiger partial charge on any atom is 0.343 e. The Bertz CT molecular complexity index is 2680. The standard InChI is InChI=1S/C50H34O11/c51-46(33-13-5-1-6-14-33)56-38-25-21-32(22-26-38)45-44(61-50(55)37-23-27-39(28-24-37)57-47(52)34-15-7-2-8-16-34)31-41-42(59-45)29-40(58-48(53)35-17-9-3-10-18-35)30-43(41)60-49(54)36-19-11-4-12-20-36/h1-30,44-45H,31H2/t44-,45+/m0/s1. The molecule has 11 heteroatoms. The number of esters is 5. The molecule has 0 aromatic heterocycles. The molecular weight excluding hydrogens is 777 g/mol. The number of carbonyl (C=O) groups excluding carboxylic acids is 5. The van der Waals surface area contributed by atoms with Crippen LogP contribution in [0.4, 0.5) is 0 Å². The van der Waals surface area contributed by atoms with Gasteiger partial charge in [-0.25, -0.2) is 24.0 Å². The van der Waals surface area contributed by atoms with E-state index in [0.717, 1.165) is 0 Å². The smallest absolute Gasteiger partial charge is 0.343 e. The third-order valence-electron chi connectivity index (χ3n) is 9.57. The van der Waals surface area contributed by atoms with Gasteiger partial charge in [-0.2, -0.15) is 0 Å². The molecule has 300 valence electrons. The van der Waals surface area contributed by atoms with Crippen LogP contribution in [-0.4, -0.2) is 36.0 Å². The lowest BCUT2D eigenvalue weighted by Gasteiger charge is -2.34. The molecule has 0 saturated carbocycles. The second-order valence-corrected chi connectivity index (χ2v) is 13.7. The summed E-state index contributed by atoms with van der Waals surface area (Å²) in [7, 11) is 0. The average Bonchev–Trinajstić information content (AvgIpc) is 3.30. The minimum absolute atomic E-state index is 0.00638. The van der Waals surface area contributed by atoms with Gasteiger partial charge >= 0.3 is 29.8 Å². The predicted molar refractivity (Wildman–Crippen MR) is 221 cm³/mol. The number of rotatable bonds is 11. The zero-order valence-electron chi connectivity index (χ0n) is 32.2. The molecule has 7 aromatic rings. The van der Waals surface area contributed by atoms with Gasteiger partial charge in [0.1, 0.15) is 34.9 Å². The Morgan fingerprint density at radius 2 is 0.803 bits per heavy atom. The van der Waals surface area contributed by atoms with Gasteiger partial charge in [0, 0.05) is 24.1 Å². The van der Waals surface area contributed by atoms with Crippen LogP contribution in [0.2, 0.25) is 0 Å². The number of ether oxygens (including phenoxy) is 6. The minimum Gasteiger partial charge on any atom is -0.481 e. The van der Waals surface area contributed by atoms with Crippen LogP contribution in [-0.2, 0) is 11.2 Å². The summed E-state index contributed by atoms with van der Waals surface area (Å²) in [6, 6.07) is 49.1. The molecule has 11 nitrogen and oxygen atoms in total. The van der Waals surface area contributed by atoms with Crippen LogP contribution in [0.25, 0.3) is 0 Å². The molecule has 1 heterocycles. The Morgan fingerprint density at radius 1 is 0.410 bits per heavy atom. The number of hydrogen-bond acceptors (Lipinski definition) is 11. The van der Waals surface area contributed by atoms with Crippen molar-refractivity contribution < 1.29 is 52.4 Å². The van der Waals surface area contributed by atoms with Crippen molar-refractivity contribution in [3.63, 3.8) is 0 Å². The highest BCUT2D eigenvalue weighted by Crippen LogP contribution is 2.44. The van der Waals surface area contributed by atoms with Gasteiger partial charge in [0.15, 0.2) is 6.10 Å². The van der Waals surface area contributed by atoms with Gasteiger partial charge in [-0.3, -0.25) is 0 Å². The van der Waals surface area contributed by atoms with Crippen LogP contribution < -0.4 is 23.7 Å². The molecule has 0 spiro atoms. The first-order valence-electron chi connectivity index (χ1n) is 19.1. The highest BCUT2D eigenvalue weighted by molar-refractivity contribution is 5.94. The largest absolute Gasteiger partial charge is 0.481 e. The van der Waals surface area contributed by atoms with Gasteiger partial charge in [0.05, 0.1) is 27.8 Å². The highest BCUT2D eigenvalue weighted by Gasteiger charge is 2.37. The van der Waals surface area contributed by atoms with E-state index >= 15 is 0 Å². The van der Waals surface area contributed by atoms with Crippen LogP contribution in [0.3, 0.4) is 0 Å². The van der Waals surface area contributed by atoms with Gasteiger partial charge in [-0.05, 0) is 90.5 Å². The van der Waals surface area contributed by atoms with Crippen molar-refractivity contribution in [2.75, 3.05) is 0 Å². The van der Waals surface area contributed by atoms with Crippen molar-refractivity contribution in [2.24, 2.45) is 0 Å². The first kappa shape index (κ1) is 39.5. The van der Waals surface area contributed by atoms with Gasteiger partial charge < -0.3 is 28.4 Å². The van der Waals surface area contributed by atoms with Crippen molar-refractivity contribution >= 4 is 29.8 Å². The van der Waals surface area contributed by atoms with Gasteiger partial charge in [-0.15, -0.1) is 0 Å². The van der Waals surface area contributed by atoms with Crippen molar-refractivity contribution in [2.45, 2.75) is 18.6 Å². The SMILES string of the molecule is O=C(Oc1ccc(C(=O)O[C@H]2Cc3c(OC(=O)c4ccccc4)cc(OC(=O)c4ccccc4)cc3O[C@@H]2c2ccc(OC(=O)c3ccccc3)cc2)cc1)c1ccccc1. The first-order chi connectivity index (χ1) is 29.8. The molecule has 0 saturated heterocycles. The van der Waals surface area contributed by atoms with Gasteiger partial charge in [0.25, 0.3) is 0 Å². The van der Waals surface area contributed by atoms with E-state index in [2.05, 4.69) is 0 Å². The topological polar surface area (TPSA) is 141 Å². The summed E-state index contributed by atoms with van der Waals surface area (Å²) in [5.41, 5.74) is 2.38. The van der Waals surface area contributed by atoms with E-state index in [4.69, 9.17) is 28.4 Å². The summed E-state index contributed by atoms with van der Waals surface area (Å²) in [5, 5.41) is 0. The summed E-state index contributed by atoms with van der Waals surface area (Å²) in [6.07, 6.45) is -1.98. The second-order valence-electron chi connectivity index (χ2n) is 13.7. The average molecular weight is 811 g/mol. The molecule has 61 heavy (non-hydrogen) atoms. The Labute approximate surface area is 349 Å². The zero-order chi connectivity index (χ0) is 42.1. The van der Waals surface area contributed by atoms with Crippen LogP contribution in [0.5, 0.6) is 28.7 Å². The van der Waals surface area contributed by atoms with Crippen LogP contribution in [0.15, 0.2) is 182 Å². The van der Waals surface area contributed by atoms with Crippen molar-refractivity contribution in [1.82, 2.24) is 0 Å². The van der Waals surface area contributed by atoms with E-state index in [1.54, 1.807) is 146 Å². The molecule has 0 amide bonds. The highest BCUT2D eigenvalue weighted by atomic mass is 16.6. The summed E-state index contributed by atoms with van der Waals surface area (Å²) in [6.45, 7) is 0. The molecule has 8 rings (SSSR count). The molecule has 0 bridgehead atoms. The summed E-state index contributed by atoms with van der Waals surface area (Å²) in [5.74, 6) is -2.40. The number of fused-ring (bicyclic) bond motifs is 1. The predicted octanol–water partition coefficient (Wildman–Crippen LogP) is 9.47. The van der Waals surface area contributed by atoms with Crippen molar-refractivity contribution in [3.8, 4) is 28.7 Å². The van der Waals surface area contributed by atoms with Gasteiger partial charge in [-0.1, -0.05) is 84.9 Å². The molecule has 0 radical (unpaired) electrons. The Kier molecular flexibility index (Phi) is 11.7. The van der Waals surface area contributed by atoms with E-state index in [-0.39, 0.29) is 46.3 Å². The van der Waals surface area contributed by atoms with Crippen LogP contribution in [0.1, 0.15) is 69.0 Å². The van der Waals surface area contributed by atoms with E-state index in [1.165, 1.54) is 36.4 Å². The maximum atomic E-state index is 13.8. The van der Waals surface area contributed by atoms with E-state index in [0.29, 0.717) is 27.8 Å². The molecule has 2 atom stereocenters. The fourth-order valence-corrected chi connectivity index (χ4v) is 6.50. The third-order valence-corrected chi connectivity index (χ3v) is 9.57. The Hall–Kier alpha value is -8.31. The third kappa shape index (κ3) is 9.54. The molecule has 1 aliphatic rings. The first-order valence-corrected chi connectivity index (χ1v) is 19.1. The van der Waals surface area contributed by atoms with Gasteiger partial charge in [0.2, 0.25) is 0 Å². The molecule has 0 unspecified atom stereocenters. The summed E-state index contributed by atoms with van der Waals surface area (Å²) in [4.78, 5) is 65.8. The quantitative estimate of drug-likeness (QED) is 0.0911. The van der Waals surface area contributed by atoms with E-state index < -0.39 is 42.1 Å². The maximum absolute atomic E-state index is 13.8. The minimum atomic E-state index is -1.01. The monoisotopic (exact) mass is 810 g/mol. The summed E-state index contributed by atoms with van der Waals surface area (Å²) < 4.78 is 35.5. The fourth-order valence-electron chi connectivity index (χ4n) is 6.50. The van der Waals surface area contributed by atoms with E-state index in [1.807, 2.05) is 0 Å². The molecule has 0 fully saturated rings. The van der Waals surface area contributed by atoms with Crippen LogP contribution >= 0.6 is 0 Å². The Balaban J connectivity index is 1.11. The lowest BCUT2D eigenvalue weighted by molar-refractivity contribution is -0.0189. The Morgan fingerprint density at radius 3 is 1.26 bits per heavy atom. The molecule has 0 aliphatic carbocycles. The van der Waals surface area contributed by atoms with Crippen molar-refractivity contribution in [3.05, 3.63) is 221 Å². The molecule has 1 aliphatic heterocycles.